The number of imide groups is 1. The summed E-state index contributed by atoms with van der Waals surface area (Å²) < 4.78 is 10.9. The molecule has 0 aromatic rings. The van der Waals surface area contributed by atoms with Crippen LogP contribution in [-0.4, -0.2) is 122 Å². The molecule has 5 aliphatic rings. The maximum Gasteiger partial charge on any atom is 0.256 e. The molecule has 0 aromatic heterocycles. The highest BCUT2D eigenvalue weighted by molar-refractivity contribution is 6.06. The Morgan fingerprint density at radius 3 is 2.39 bits per heavy atom. The van der Waals surface area contributed by atoms with Crippen molar-refractivity contribution < 1.29 is 54.5 Å². The molecule has 2 amide bonds. The minimum Gasteiger partial charge on any atom is -0.394 e. The molecule has 3 aliphatic heterocycles. The molecule has 3 heterocycles. The van der Waals surface area contributed by atoms with Crippen molar-refractivity contribution in [1.82, 2.24) is 4.90 Å². The maximum atomic E-state index is 13.4. The van der Waals surface area contributed by atoms with E-state index in [1.165, 1.54) is 4.90 Å². The number of aliphatic hydroxyl groups is 6. The number of carbonyl (C=O) groups excluding carboxylic acids is 2. The van der Waals surface area contributed by atoms with E-state index in [9.17, 15) is 40.2 Å². The molecule has 0 aromatic carbocycles. The summed E-state index contributed by atoms with van der Waals surface area (Å²) in [5.74, 6) is -3.27. The predicted molar refractivity (Wildman–Crippen MR) is 118 cm³/mol. The highest BCUT2D eigenvalue weighted by Gasteiger charge is 2.60. The van der Waals surface area contributed by atoms with Gasteiger partial charge >= 0.3 is 0 Å². The quantitative estimate of drug-likeness (QED) is 0.162. The molecule has 0 spiro atoms. The molecule has 202 valence electrons. The molecule has 12 atom stereocenters. The molecule has 6 N–H and O–H groups in total. The van der Waals surface area contributed by atoms with Gasteiger partial charge in [0.15, 0.2) is 0 Å². The Bertz CT molecular complexity index is 878. The minimum absolute atomic E-state index is 0.0566. The van der Waals surface area contributed by atoms with Crippen molar-refractivity contribution in [3.05, 3.63) is 0 Å². The van der Waals surface area contributed by atoms with Crippen LogP contribution < -0.4 is 0 Å². The molecule has 5 rings (SSSR count). The summed E-state index contributed by atoms with van der Waals surface area (Å²) in [6.07, 6.45) is -7.78. The van der Waals surface area contributed by atoms with Gasteiger partial charge in [-0.05, 0) is 25.7 Å². The van der Waals surface area contributed by atoms with E-state index in [0.29, 0.717) is 25.2 Å². The fraction of sp³-hybridized carbons (Fsp3) is 0.870. The van der Waals surface area contributed by atoms with E-state index >= 15 is 0 Å². The fourth-order valence-electron chi connectivity index (χ4n) is 6.49. The van der Waals surface area contributed by atoms with E-state index in [1.54, 1.807) is 0 Å². The average molecular weight is 515 g/mol. The van der Waals surface area contributed by atoms with Crippen molar-refractivity contribution in [2.24, 2.45) is 28.8 Å². The van der Waals surface area contributed by atoms with Gasteiger partial charge in [0.1, 0.15) is 24.4 Å². The zero-order valence-electron chi connectivity index (χ0n) is 19.7. The second kappa shape index (κ2) is 10.2. The average Bonchev–Trinajstić information content (AvgIpc) is 3.47. The molecule has 0 unspecified atom stereocenters. The summed E-state index contributed by atoms with van der Waals surface area (Å²) in [5.41, 5.74) is 0.339. The topological polar surface area (TPSA) is 199 Å². The molecule has 13 nitrogen and oxygen atoms in total. The number of oxime groups is 1. The third kappa shape index (κ3) is 4.35. The van der Waals surface area contributed by atoms with Gasteiger partial charge in [0.05, 0.1) is 49.0 Å². The van der Waals surface area contributed by atoms with Crippen molar-refractivity contribution in [2.45, 2.75) is 81.1 Å². The fourth-order valence-corrected chi connectivity index (χ4v) is 6.49. The molecule has 13 heteroatoms. The Morgan fingerprint density at radius 1 is 0.944 bits per heavy atom. The van der Waals surface area contributed by atoms with Gasteiger partial charge < -0.3 is 45.0 Å². The van der Waals surface area contributed by atoms with Crippen molar-refractivity contribution >= 4 is 17.5 Å². The maximum absolute atomic E-state index is 13.4. The Kier molecular flexibility index (Phi) is 7.36. The Morgan fingerprint density at radius 2 is 1.69 bits per heavy atom. The highest BCUT2D eigenvalue weighted by atomic mass is 16.8. The third-order valence-corrected chi connectivity index (χ3v) is 8.40. The van der Waals surface area contributed by atoms with Gasteiger partial charge in [0, 0.05) is 24.9 Å². The lowest BCUT2D eigenvalue weighted by molar-refractivity contribution is -0.301. The molecule has 2 aliphatic carbocycles. The van der Waals surface area contributed by atoms with Crippen molar-refractivity contribution in [1.29, 1.82) is 0 Å². The van der Waals surface area contributed by atoms with E-state index in [0.717, 1.165) is 12.8 Å². The molecule has 0 radical (unpaired) electrons. The standard InChI is InChI=1S/C23H34N2O11/c26-8-14-18(29)19(30)20(31)23(35-14)36-24-12-6-13(27)17(28)15-10(12)3-4-11-16(15)22(33)25(21(11)32)7-9-2-1-5-34-9/h9-11,13-20,23,26-31H,1-8H2/b24-12+/t9-,10+,11+,13+,14+,15-,16+,17+,18+,19-,20+,23-/m0/s1. The molecule has 36 heavy (non-hydrogen) atoms. The van der Waals surface area contributed by atoms with Crippen LogP contribution in [0.4, 0.5) is 0 Å². The minimum atomic E-state index is -1.65. The van der Waals surface area contributed by atoms with E-state index in [4.69, 9.17) is 14.3 Å². The van der Waals surface area contributed by atoms with Gasteiger partial charge in [-0.1, -0.05) is 5.16 Å². The van der Waals surface area contributed by atoms with Gasteiger partial charge in [-0.2, -0.15) is 0 Å². The van der Waals surface area contributed by atoms with Crippen molar-refractivity contribution in [2.75, 3.05) is 19.8 Å². The van der Waals surface area contributed by atoms with Gasteiger partial charge in [-0.25, -0.2) is 0 Å². The Balaban J connectivity index is 1.35. The zero-order chi connectivity index (χ0) is 25.7. The molecule has 5 fully saturated rings. The Hall–Kier alpha value is -1.71. The first-order valence-electron chi connectivity index (χ1n) is 12.6. The normalized spacial score (nSPS) is 48.3. The van der Waals surface area contributed by atoms with Crippen LogP contribution in [0.3, 0.4) is 0 Å². The number of rotatable bonds is 5. The monoisotopic (exact) mass is 514 g/mol. The zero-order valence-corrected chi connectivity index (χ0v) is 19.7. The summed E-state index contributed by atoms with van der Waals surface area (Å²) in [7, 11) is 0. The number of nitrogens with zero attached hydrogens (tertiary/aromatic N) is 2. The SMILES string of the molecule is O=C1[C@H]2[C@H]3[C@H](O)[C@H](O)C/C(=N\O[C@@H]4O[C@H](CO)[C@@H](O)[C@H](O)[C@H]4O)[C@H]3CC[C@H]2C(=O)N1C[C@@H]1CCCO1. The van der Waals surface area contributed by atoms with Crippen LogP contribution in [0.2, 0.25) is 0 Å². The van der Waals surface area contributed by atoms with Crippen molar-refractivity contribution in [3.63, 3.8) is 0 Å². The lowest BCUT2D eigenvalue weighted by Crippen LogP contribution is -2.59. The molecular formula is C23H34N2O11. The van der Waals surface area contributed by atoms with Crippen LogP contribution in [-0.2, 0) is 23.9 Å². The van der Waals surface area contributed by atoms with Gasteiger partial charge in [-0.15, -0.1) is 0 Å². The molecule has 3 saturated heterocycles. The van der Waals surface area contributed by atoms with E-state index < -0.39 is 73.2 Å². The number of likely N-dealkylation sites (tertiary alicyclic amines) is 1. The predicted octanol–water partition coefficient (Wildman–Crippen LogP) is -2.91. The second-order valence-corrected chi connectivity index (χ2v) is 10.5. The van der Waals surface area contributed by atoms with Gasteiger partial charge in [-0.3, -0.25) is 14.5 Å². The lowest BCUT2D eigenvalue weighted by atomic mass is 9.60. The third-order valence-electron chi connectivity index (χ3n) is 8.40. The first-order valence-corrected chi connectivity index (χ1v) is 12.6. The first kappa shape index (κ1) is 25.9. The number of hydrogen-bond acceptors (Lipinski definition) is 12. The van der Waals surface area contributed by atoms with Crippen LogP contribution in [0.5, 0.6) is 0 Å². The van der Waals surface area contributed by atoms with E-state index in [2.05, 4.69) is 5.16 Å². The summed E-state index contributed by atoms with van der Waals surface area (Å²) >= 11 is 0. The molecule has 0 bridgehead atoms. The van der Waals surface area contributed by atoms with Gasteiger partial charge in [0.2, 0.25) is 11.8 Å². The number of carbonyl (C=O) groups is 2. The number of fused-ring (bicyclic) bond motifs is 3. The number of ether oxygens (including phenoxy) is 2. The van der Waals surface area contributed by atoms with Crippen LogP contribution in [0, 0.1) is 23.7 Å². The molecule has 2 saturated carbocycles. The summed E-state index contributed by atoms with van der Waals surface area (Å²) in [6.45, 7) is 0.151. The largest absolute Gasteiger partial charge is 0.394 e. The second-order valence-electron chi connectivity index (χ2n) is 10.5. The van der Waals surface area contributed by atoms with E-state index in [1.807, 2.05) is 0 Å². The van der Waals surface area contributed by atoms with Crippen LogP contribution >= 0.6 is 0 Å². The smallest absolute Gasteiger partial charge is 0.256 e. The Labute approximate surface area is 207 Å². The van der Waals surface area contributed by atoms with E-state index in [-0.39, 0.29) is 30.9 Å². The summed E-state index contributed by atoms with van der Waals surface area (Å²) in [5, 5.41) is 65.1. The molecular weight excluding hydrogens is 480 g/mol. The van der Waals surface area contributed by atoms with Crippen LogP contribution in [0.1, 0.15) is 32.1 Å². The van der Waals surface area contributed by atoms with Crippen molar-refractivity contribution in [3.8, 4) is 0 Å². The lowest BCUT2D eigenvalue weighted by Gasteiger charge is -2.45. The van der Waals surface area contributed by atoms with Crippen LogP contribution in [0.25, 0.3) is 0 Å². The highest BCUT2D eigenvalue weighted by Crippen LogP contribution is 2.49. The van der Waals surface area contributed by atoms with Gasteiger partial charge in [0.25, 0.3) is 6.29 Å². The summed E-state index contributed by atoms with van der Waals surface area (Å²) in [4.78, 5) is 33.1. The summed E-state index contributed by atoms with van der Waals surface area (Å²) in [6, 6.07) is 0. The number of aliphatic hydroxyl groups excluding tert-OH is 6. The first-order chi connectivity index (χ1) is 17.2. The van der Waals surface area contributed by atoms with Crippen LogP contribution in [0.15, 0.2) is 5.16 Å². The number of amides is 2. The number of hydrogen-bond donors (Lipinski definition) is 6.